The molecule has 0 atom stereocenters. The molecule has 0 amide bonds. The zero-order valence-electron chi connectivity index (χ0n) is 28.8. The number of fused-ring (bicyclic) bond motifs is 8. The first-order chi connectivity index (χ1) is 26.7. The van der Waals surface area contributed by atoms with Crippen LogP contribution in [0.15, 0.2) is 174 Å². The van der Waals surface area contributed by atoms with E-state index in [-0.39, 0.29) is 0 Å². The van der Waals surface area contributed by atoms with Crippen molar-refractivity contribution in [1.29, 1.82) is 0 Å². The van der Waals surface area contributed by atoms with E-state index in [2.05, 4.69) is 97.1 Å². The van der Waals surface area contributed by atoms with E-state index in [1.807, 2.05) is 72.8 Å². The lowest BCUT2D eigenvalue weighted by Crippen LogP contribution is -2.00. The third-order valence-corrected chi connectivity index (χ3v) is 10.1. The molecule has 11 aromatic rings. The van der Waals surface area contributed by atoms with Crippen LogP contribution in [-0.2, 0) is 0 Å². The second-order valence-electron chi connectivity index (χ2n) is 13.4. The molecule has 3 aromatic heterocycles. The maximum absolute atomic E-state index is 6.46. The summed E-state index contributed by atoms with van der Waals surface area (Å²) in [6, 6.07) is 57.8. The Hall–Kier alpha value is -7.51. The highest BCUT2D eigenvalue weighted by Gasteiger charge is 2.19. The standard InChI is InChI=1S/C47H28N6O/c1-3-11-29(12-4-1)31-13-9-14-33(27-31)45-48-46(50-47(49-45)39-19-10-18-38-37-17-7-8-20-41(37)54-44(38)39)34-23-25-36-32(28-34)22-21-30-24-26-40-43(42(30)36)52-53(51-40)35-15-5-2-6-16-35/h1-28H. The Morgan fingerprint density at radius 3 is 1.96 bits per heavy atom. The van der Waals surface area contributed by atoms with Gasteiger partial charge in [-0.25, -0.2) is 15.0 Å². The molecule has 0 bridgehead atoms. The SMILES string of the molecule is c1ccc(-c2cccc(-c3nc(-c4ccc5c(ccc6ccc7nn(-c8ccccc8)nc7c65)c4)nc(-c4cccc5c4oc4ccccc45)n3)c2)cc1. The average Bonchev–Trinajstić information content (AvgIpc) is 3.86. The van der Waals surface area contributed by atoms with Gasteiger partial charge in [0.2, 0.25) is 0 Å². The van der Waals surface area contributed by atoms with Gasteiger partial charge in [0.1, 0.15) is 22.2 Å². The van der Waals surface area contributed by atoms with Gasteiger partial charge in [0.25, 0.3) is 0 Å². The molecule has 7 heteroatoms. The van der Waals surface area contributed by atoms with E-state index in [1.54, 1.807) is 4.80 Å². The van der Waals surface area contributed by atoms with Crippen molar-refractivity contribution in [2.24, 2.45) is 0 Å². The molecular weight excluding hydrogens is 665 g/mol. The highest BCUT2D eigenvalue weighted by molar-refractivity contribution is 6.18. The molecule has 0 saturated carbocycles. The fourth-order valence-corrected chi connectivity index (χ4v) is 7.49. The summed E-state index contributed by atoms with van der Waals surface area (Å²) < 4.78 is 6.46. The van der Waals surface area contributed by atoms with Crippen LogP contribution in [0, 0.1) is 0 Å². The van der Waals surface area contributed by atoms with Crippen molar-refractivity contribution in [1.82, 2.24) is 29.9 Å². The van der Waals surface area contributed by atoms with Crippen molar-refractivity contribution in [2.45, 2.75) is 0 Å². The van der Waals surface area contributed by atoms with Gasteiger partial charge in [-0.15, -0.1) is 10.2 Å². The van der Waals surface area contributed by atoms with Crippen LogP contribution in [0.3, 0.4) is 0 Å². The van der Waals surface area contributed by atoms with Crippen LogP contribution in [0.1, 0.15) is 0 Å². The molecule has 3 heterocycles. The van der Waals surface area contributed by atoms with E-state index in [0.29, 0.717) is 17.5 Å². The van der Waals surface area contributed by atoms with Gasteiger partial charge in [-0.1, -0.05) is 127 Å². The van der Waals surface area contributed by atoms with E-state index < -0.39 is 0 Å². The summed E-state index contributed by atoms with van der Waals surface area (Å²) in [5.41, 5.74) is 8.98. The number of nitrogens with zero attached hydrogens (tertiary/aromatic N) is 6. The summed E-state index contributed by atoms with van der Waals surface area (Å²) in [5, 5.41) is 16.1. The van der Waals surface area contributed by atoms with E-state index in [4.69, 9.17) is 29.6 Å². The molecule has 8 aromatic carbocycles. The lowest BCUT2D eigenvalue weighted by Gasteiger charge is -2.11. The van der Waals surface area contributed by atoms with Gasteiger partial charge in [0, 0.05) is 27.3 Å². The minimum Gasteiger partial charge on any atom is -0.455 e. The number of para-hydroxylation sites is 3. The van der Waals surface area contributed by atoms with Gasteiger partial charge in [0.05, 0.1) is 11.3 Å². The molecule has 0 N–H and O–H groups in total. The molecule has 0 aliphatic rings. The zero-order chi connectivity index (χ0) is 35.6. The van der Waals surface area contributed by atoms with Crippen molar-refractivity contribution in [3.05, 3.63) is 170 Å². The van der Waals surface area contributed by atoms with Gasteiger partial charge in [-0.3, -0.25) is 0 Å². The second-order valence-corrected chi connectivity index (χ2v) is 13.4. The van der Waals surface area contributed by atoms with Crippen LogP contribution in [0.25, 0.3) is 105 Å². The molecule has 0 aliphatic heterocycles. The Labute approximate surface area is 308 Å². The lowest BCUT2D eigenvalue weighted by molar-refractivity contribution is 0.669. The van der Waals surface area contributed by atoms with Gasteiger partial charge >= 0.3 is 0 Å². The monoisotopic (exact) mass is 692 g/mol. The Kier molecular flexibility index (Phi) is 6.72. The highest BCUT2D eigenvalue weighted by Crippen LogP contribution is 2.37. The number of aromatic nitrogens is 6. The Bertz CT molecular complexity index is 3220. The number of furan rings is 1. The maximum atomic E-state index is 6.46. The molecule has 0 radical (unpaired) electrons. The molecule has 7 nitrogen and oxygen atoms in total. The average molecular weight is 693 g/mol. The summed E-state index contributed by atoms with van der Waals surface area (Å²) in [6.07, 6.45) is 0. The normalized spacial score (nSPS) is 11.7. The van der Waals surface area contributed by atoms with Crippen LogP contribution in [0.2, 0.25) is 0 Å². The van der Waals surface area contributed by atoms with Gasteiger partial charge in [0.15, 0.2) is 17.5 Å². The molecule has 0 unspecified atom stereocenters. The summed E-state index contributed by atoms with van der Waals surface area (Å²) in [6.45, 7) is 0. The van der Waals surface area contributed by atoms with Gasteiger partial charge in [-0.2, -0.15) is 4.80 Å². The predicted molar refractivity (Wildman–Crippen MR) is 216 cm³/mol. The Balaban J connectivity index is 1.11. The first kappa shape index (κ1) is 30.1. The third kappa shape index (κ3) is 4.94. The Morgan fingerprint density at radius 2 is 1.09 bits per heavy atom. The van der Waals surface area contributed by atoms with Crippen LogP contribution >= 0.6 is 0 Å². The zero-order valence-corrected chi connectivity index (χ0v) is 28.8. The van der Waals surface area contributed by atoms with Crippen molar-refractivity contribution in [3.8, 4) is 51.0 Å². The van der Waals surface area contributed by atoms with Crippen molar-refractivity contribution < 1.29 is 4.42 Å². The molecule has 0 spiro atoms. The van der Waals surface area contributed by atoms with Crippen molar-refractivity contribution in [3.63, 3.8) is 0 Å². The molecule has 54 heavy (non-hydrogen) atoms. The molecular formula is C47H28N6O. The maximum Gasteiger partial charge on any atom is 0.167 e. The van der Waals surface area contributed by atoms with Gasteiger partial charge < -0.3 is 4.42 Å². The first-order valence-electron chi connectivity index (χ1n) is 17.8. The smallest absolute Gasteiger partial charge is 0.167 e. The largest absolute Gasteiger partial charge is 0.455 e. The van der Waals surface area contributed by atoms with E-state index >= 15 is 0 Å². The number of hydrogen-bond acceptors (Lipinski definition) is 6. The minimum atomic E-state index is 0.544. The van der Waals surface area contributed by atoms with E-state index in [1.165, 1.54) is 0 Å². The third-order valence-electron chi connectivity index (χ3n) is 10.1. The number of benzene rings is 8. The van der Waals surface area contributed by atoms with Crippen LogP contribution in [0.5, 0.6) is 0 Å². The van der Waals surface area contributed by atoms with Crippen LogP contribution < -0.4 is 0 Å². The molecule has 0 saturated heterocycles. The molecule has 252 valence electrons. The van der Waals surface area contributed by atoms with Gasteiger partial charge in [-0.05, 0) is 69.8 Å². The predicted octanol–water partition coefficient (Wildman–Crippen LogP) is 11.5. The second kappa shape index (κ2) is 12.0. The fraction of sp³-hybridized carbons (Fsp3) is 0. The number of rotatable bonds is 5. The quantitative estimate of drug-likeness (QED) is 0.167. The first-order valence-corrected chi connectivity index (χ1v) is 17.8. The summed E-state index contributed by atoms with van der Waals surface area (Å²) in [5.74, 6) is 1.70. The molecule has 0 aliphatic carbocycles. The lowest BCUT2D eigenvalue weighted by atomic mass is 9.99. The van der Waals surface area contributed by atoms with Crippen LogP contribution in [0.4, 0.5) is 0 Å². The highest BCUT2D eigenvalue weighted by atomic mass is 16.3. The van der Waals surface area contributed by atoms with Crippen LogP contribution in [-0.4, -0.2) is 29.9 Å². The van der Waals surface area contributed by atoms with Crippen molar-refractivity contribution in [2.75, 3.05) is 0 Å². The minimum absolute atomic E-state index is 0.544. The molecule has 11 rings (SSSR count). The van der Waals surface area contributed by atoms with E-state index in [0.717, 1.165) is 88.0 Å². The summed E-state index contributed by atoms with van der Waals surface area (Å²) in [7, 11) is 0. The van der Waals surface area contributed by atoms with E-state index in [9.17, 15) is 0 Å². The fourth-order valence-electron chi connectivity index (χ4n) is 7.49. The van der Waals surface area contributed by atoms with Crippen molar-refractivity contribution >= 4 is 54.5 Å². The summed E-state index contributed by atoms with van der Waals surface area (Å²) in [4.78, 5) is 17.1. The molecule has 0 fully saturated rings. The topological polar surface area (TPSA) is 82.5 Å². The Morgan fingerprint density at radius 1 is 0.426 bits per heavy atom. The number of hydrogen-bond donors (Lipinski definition) is 0. The summed E-state index contributed by atoms with van der Waals surface area (Å²) >= 11 is 0.